The minimum absolute atomic E-state index is 0.188. The highest BCUT2D eigenvalue weighted by atomic mass is 16.5. The molecule has 5 heteroatoms. The summed E-state index contributed by atoms with van der Waals surface area (Å²) in [5.41, 5.74) is 3.17. The average Bonchev–Trinajstić information content (AvgIpc) is 3.05. The first-order valence-electron chi connectivity index (χ1n) is 8.75. The summed E-state index contributed by atoms with van der Waals surface area (Å²) in [5, 5.41) is 10.2. The molecule has 1 aliphatic rings. The molecule has 2 aromatic rings. The first-order valence-corrected chi connectivity index (χ1v) is 8.75. The monoisotopic (exact) mass is 349 g/mol. The maximum absolute atomic E-state index is 12.5. The van der Waals surface area contributed by atoms with E-state index >= 15 is 0 Å². The van der Waals surface area contributed by atoms with Crippen molar-refractivity contribution in [1.82, 2.24) is 15.8 Å². The Morgan fingerprint density at radius 2 is 2.04 bits per heavy atom. The molecule has 134 valence electrons. The summed E-state index contributed by atoms with van der Waals surface area (Å²) in [6.45, 7) is 4.69. The number of allylic oxidation sites excluding steroid dienone is 4. The van der Waals surface area contributed by atoms with Crippen molar-refractivity contribution in [2.75, 3.05) is 0 Å². The van der Waals surface area contributed by atoms with Crippen molar-refractivity contribution in [1.29, 1.82) is 0 Å². The highest BCUT2D eigenvalue weighted by Crippen LogP contribution is 2.16. The SMILES string of the molecule is CC(C)c1cc(C(=O)NC2=C(NCc3ccccc3)CC=CC=C2)no1. The Labute approximate surface area is 153 Å². The van der Waals surface area contributed by atoms with E-state index in [-0.39, 0.29) is 17.5 Å². The van der Waals surface area contributed by atoms with E-state index in [1.807, 2.05) is 50.3 Å². The van der Waals surface area contributed by atoms with E-state index in [1.54, 1.807) is 6.07 Å². The van der Waals surface area contributed by atoms with Crippen molar-refractivity contribution in [3.8, 4) is 0 Å². The second kappa shape index (κ2) is 8.34. The molecule has 5 nitrogen and oxygen atoms in total. The Morgan fingerprint density at radius 3 is 2.77 bits per heavy atom. The molecule has 0 unspecified atom stereocenters. The molecule has 1 aromatic carbocycles. The Hall–Kier alpha value is -3.08. The predicted octanol–water partition coefficient (Wildman–Crippen LogP) is 4.05. The van der Waals surface area contributed by atoms with Gasteiger partial charge in [0.25, 0.3) is 5.91 Å². The fourth-order valence-electron chi connectivity index (χ4n) is 2.57. The lowest BCUT2D eigenvalue weighted by atomic mass is 10.1. The summed E-state index contributed by atoms with van der Waals surface area (Å²) >= 11 is 0. The first-order chi connectivity index (χ1) is 12.6. The number of nitrogens with zero attached hydrogens (tertiary/aromatic N) is 1. The third-order valence-electron chi connectivity index (χ3n) is 4.08. The third kappa shape index (κ3) is 4.51. The number of hydrogen-bond acceptors (Lipinski definition) is 4. The van der Waals surface area contributed by atoms with Crippen LogP contribution >= 0.6 is 0 Å². The van der Waals surface area contributed by atoms with E-state index in [1.165, 1.54) is 5.56 Å². The Kier molecular flexibility index (Phi) is 5.69. The molecular formula is C21H23N3O2. The minimum Gasteiger partial charge on any atom is -0.382 e. The number of hydrogen-bond donors (Lipinski definition) is 2. The topological polar surface area (TPSA) is 67.2 Å². The standard InChI is InChI=1S/C21H23N3O2/c1-15(2)20-13-19(24-26-20)21(25)23-18-12-8-4-7-11-17(18)22-14-16-9-5-3-6-10-16/h3-10,12-13,15,22H,11,14H2,1-2H3,(H,23,25). The molecule has 0 fully saturated rings. The quantitative estimate of drug-likeness (QED) is 0.826. The van der Waals surface area contributed by atoms with Crippen LogP contribution in [0.5, 0.6) is 0 Å². The van der Waals surface area contributed by atoms with Crippen LogP contribution in [0.4, 0.5) is 0 Å². The van der Waals surface area contributed by atoms with Crippen LogP contribution in [0.15, 0.2) is 76.6 Å². The normalized spacial score (nSPS) is 13.8. The van der Waals surface area contributed by atoms with Crippen LogP contribution in [-0.4, -0.2) is 11.1 Å². The molecule has 0 saturated carbocycles. The molecule has 0 radical (unpaired) electrons. The molecule has 2 N–H and O–H groups in total. The van der Waals surface area contributed by atoms with Gasteiger partial charge in [0.2, 0.25) is 0 Å². The minimum atomic E-state index is -0.277. The highest BCUT2D eigenvalue weighted by molar-refractivity contribution is 5.93. The molecule has 3 rings (SSSR count). The molecule has 0 bridgehead atoms. The van der Waals surface area contributed by atoms with Crippen molar-refractivity contribution in [2.45, 2.75) is 32.7 Å². The van der Waals surface area contributed by atoms with E-state index in [9.17, 15) is 4.79 Å². The molecule has 1 heterocycles. The van der Waals surface area contributed by atoms with Gasteiger partial charge >= 0.3 is 0 Å². The van der Waals surface area contributed by atoms with Crippen LogP contribution in [0.2, 0.25) is 0 Å². The lowest BCUT2D eigenvalue weighted by Crippen LogP contribution is -2.26. The van der Waals surface area contributed by atoms with Gasteiger partial charge in [-0.2, -0.15) is 0 Å². The maximum atomic E-state index is 12.5. The fourth-order valence-corrected chi connectivity index (χ4v) is 2.57. The molecule has 1 aliphatic carbocycles. The van der Waals surface area contributed by atoms with Crippen LogP contribution in [0, 0.1) is 0 Å². The maximum Gasteiger partial charge on any atom is 0.277 e. The molecule has 26 heavy (non-hydrogen) atoms. The van der Waals surface area contributed by atoms with Crippen molar-refractivity contribution in [3.05, 3.63) is 89.1 Å². The van der Waals surface area contributed by atoms with E-state index in [4.69, 9.17) is 4.52 Å². The van der Waals surface area contributed by atoms with Gasteiger partial charge < -0.3 is 15.2 Å². The second-order valence-electron chi connectivity index (χ2n) is 6.45. The second-order valence-corrected chi connectivity index (χ2v) is 6.45. The summed E-state index contributed by atoms with van der Waals surface area (Å²) in [6.07, 6.45) is 8.53. The lowest BCUT2D eigenvalue weighted by Gasteiger charge is -2.14. The number of nitrogens with one attached hydrogen (secondary N) is 2. The number of aromatic nitrogens is 1. The van der Waals surface area contributed by atoms with Crippen LogP contribution < -0.4 is 10.6 Å². The smallest absolute Gasteiger partial charge is 0.277 e. The van der Waals surface area contributed by atoms with E-state index < -0.39 is 0 Å². The zero-order chi connectivity index (χ0) is 18.4. The van der Waals surface area contributed by atoms with Gasteiger partial charge in [-0.25, -0.2) is 0 Å². The van der Waals surface area contributed by atoms with E-state index in [0.717, 1.165) is 11.4 Å². The van der Waals surface area contributed by atoms with Gasteiger partial charge in [0.05, 0.1) is 5.70 Å². The van der Waals surface area contributed by atoms with Crippen molar-refractivity contribution >= 4 is 5.91 Å². The Balaban J connectivity index is 1.74. The molecule has 1 aromatic heterocycles. The predicted molar refractivity (Wildman–Crippen MR) is 101 cm³/mol. The van der Waals surface area contributed by atoms with Gasteiger partial charge in [-0.3, -0.25) is 4.79 Å². The van der Waals surface area contributed by atoms with Crippen LogP contribution in [0.3, 0.4) is 0 Å². The summed E-state index contributed by atoms with van der Waals surface area (Å²) in [6, 6.07) is 11.8. The number of benzene rings is 1. The third-order valence-corrected chi connectivity index (χ3v) is 4.08. The number of rotatable bonds is 6. The number of carbonyl (C=O) groups excluding carboxylic acids is 1. The Morgan fingerprint density at radius 1 is 1.23 bits per heavy atom. The van der Waals surface area contributed by atoms with Gasteiger partial charge in [0.15, 0.2) is 5.69 Å². The molecule has 0 atom stereocenters. The number of carbonyl (C=O) groups is 1. The largest absolute Gasteiger partial charge is 0.382 e. The van der Waals surface area contributed by atoms with E-state index in [2.05, 4.69) is 34.0 Å². The van der Waals surface area contributed by atoms with Gasteiger partial charge in [-0.05, 0) is 11.6 Å². The molecular weight excluding hydrogens is 326 g/mol. The summed E-state index contributed by atoms with van der Waals surface area (Å²) in [4.78, 5) is 12.5. The van der Waals surface area contributed by atoms with Crippen molar-refractivity contribution in [3.63, 3.8) is 0 Å². The van der Waals surface area contributed by atoms with Gasteiger partial charge in [-0.15, -0.1) is 0 Å². The van der Waals surface area contributed by atoms with Crippen LogP contribution in [-0.2, 0) is 6.54 Å². The summed E-state index contributed by atoms with van der Waals surface area (Å²) < 4.78 is 5.22. The van der Waals surface area contributed by atoms with Gasteiger partial charge in [0, 0.05) is 30.6 Å². The molecule has 1 amide bonds. The van der Waals surface area contributed by atoms with Gasteiger partial charge in [-0.1, -0.05) is 67.6 Å². The lowest BCUT2D eigenvalue weighted by molar-refractivity contribution is 0.0957. The average molecular weight is 349 g/mol. The first kappa shape index (κ1) is 17.7. The van der Waals surface area contributed by atoms with Crippen molar-refractivity contribution < 1.29 is 9.32 Å². The summed E-state index contributed by atoms with van der Waals surface area (Å²) in [5.74, 6) is 0.610. The fraction of sp³-hybridized carbons (Fsp3) is 0.238. The van der Waals surface area contributed by atoms with Crippen molar-refractivity contribution in [2.24, 2.45) is 0 Å². The van der Waals surface area contributed by atoms with Crippen LogP contribution in [0.1, 0.15) is 48.0 Å². The Bertz CT molecular complexity index is 845. The molecule has 0 saturated heterocycles. The van der Waals surface area contributed by atoms with Gasteiger partial charge in [0.1, 0.15) is 5.76 Å². The van der Waals surface area contributed by atoms with E-state index in [0.29, 0.717) is 18.7 Å². The zero-order valence-corrected chi connectivity index (χ0v) is 15.0. The highest BCUT2D eigenvalue weighted by Gasteiger charge is 2.16. The number of amides is 1. The molecule has 0 spiro atoms. The summed E-state index contributed by atoms with van der Waals surface area (Å²) in [7, 11) is 0. The zero-order valence-electron chi connectivity index (χ0n) is 15.0. The van der Waals surface area contributed by atoms with Crippen LogP contribution in [0.25, 0.3) is 0 Å². The molecule has 0 aliphatic heterocycles.